The number of benzene rings is 4. The maximum atomic E-state index is 14.9. The van der Waals surface area contributed by atoms with Gasteiger partial charge in [0.25, 0.3) is 0 Å². The van der Waals surface area contributed by atoms with Gasteiger partial charge in [0.05, 0.1) is 121 Å². The molecule has 0 spiro atoms. The van der Waals surface area contributed by atoms with Gasteiger partial charge in [-0.2, -0.15) is 36.9 Å². The van der Waals surface area contributed by atoms with Crippen LogP contribution in [0.1, 0.15) is 72.2 Å². The van der Waals surface area contributed by atoms with Crippen LogP contribution in [0.15, 0.2) is 120 Å². The van der Waals surface area contributed by atoms with Gasteiger partial charge in [-0.25, -0.2) is 19.2 Å². The van der Waals surface area contributed by atoms with E-state index in [9.17, 15) is 56.0 Å². The molecule has 2 aliphatic rings. The highest BCUT2D eigenvalue weighted by Crippen LogP contribution is 2.44. The van der Waals surface area contributed by atoms with Crippen LogP contribution in [0.3, 0.4) is 0 Å². The quantitative estimate of drug-likeness (QED) is 0.0414. The molecule has 2 heterocycles. The fourth-order valence-electron chi connectivity index (χ4n) is 8.96. The predicted molar refractivity (Wildman–Crippen MR) is 266 cm³/mol. The molecule has 0 N–H and O–H groups in total. The number of rotatable bonds is 18. The highest BCUT2D eigenvalue weighted by Gasteiger charge is 2.47. The van der Waals surface area contributed by atoms with Crippen LogP contribution in [0.25, 0.3) is 0 Å². The SMILES string of the molecule is CCOC(=O)C1=C(CBr)N(c2cccc(C(F)(F)F)c2)C(=O)N(CCC[N+](C)(C)CCCN2C(=O)N(c3cccc(C(F)(F)F)c3)C(CBr)=C(C(=O)OCC)[C@H]2c2ccc(C#N)cc2)[C@@H]1c1ccc(C#N)cc1. The number of alkyl halides is 8. The van der Waals surface area contributed by atoms with E-state index >= 15 is 0 Å². The Labute approximate surface area is 435 Å². The number of nitriles is 2. The van der Waals surface area contributed by atoms with E-state index in [-0.39, 0.29) is 88.2 Å². The Morgan fingerprint density at radius 3 is 1.27 bits per heavy atom. The van der Waals surface area contributed by atoms with Gasteiger partial charge >= 0.3 is 36.4 Å². The Hall–Kier alpha value is -6.68. The van der Waals surface area contributed by atoms with Crippen molar-refractivity contribution in [3.05, 3.63) is 153 Å². The summed E-state index contributed by atoms with van der Waals surface area (Å²) in [7, 11) is 3.80. The first kappa shape index (κ1) is 55.6. The summed E-state index contributed by atoms with van der Waals surface area (Å²) in [5, 5.41) is 18.9. The number of amides is 4. The molecule has 4 aromatic rings. The third kappa shape index (κ3) is 12.4. The van der Waals surface area contributed by atoms with Crippen molar-refractivity contribution in [1.82, 2.24) is 9.80 Å². The van der Waals surface area contributed by atoms with Crippen molar-refractivity contribution in [3.8, 4) is 12.1 Å². The van der Waals surface area contributed by atoms with Crippen molar-refractivity contribution in [3.63, 3.8) is 0 Å². The smallest absolute Gasteiger partial charge is 0.416 e. The maximum absolute atomic E-state index is 14.9. The molecule has 0 radical (unpaired) electrons. The fourth-order valence-corrected chi connectivity index (χ4v) is 10.1. The molecule has 0 unspecified atom stereocenters. The summed E-state index contributed by atoms with van der Waals surface area (Å²) in [6, 6.07) is 21.3. The van der Waals surface area contributed by atoms with E-state index in [0.29, 0.717) is 35.3 Å². The first-order valence-electron chi connectivity index (χ1n) is 22.9. The van der Waals surface area contributed by atoms with Crippen molar-refractivity contribution in [2.45, 2.75) is 51.1 Å². The van der Waals surface area contributed by atoms with E-state index in [4.69, 9.17) is 9.47 Å². The van der Waals surface area contributed by atoms with Crippen LogP contribution in [0.5, 0.6) is 0 Å². The van der Waals surface area contributed by atoms with Gasteiger partial charge in [0.1, 0.15) is 0 Å². The lowest BCUT2D eigenvalue weighted by Crippen LogP contribution is -2.53. The maximum Gasteiger partial charge on any atom is 0.416 e. The second kappa shape index (κ2) is 23.5. The monoisotopic (exact) mass is 1140 g/mol. The second-order valence-electron chi connectivity index (χ2n) is 17.5. The third-order valence-electron chi connectivity index (χ3n) is 12.3. The third-order valence-corrected chi connectivity index (χ3v) is 13.4. The number of anilines is 2. The minimum Gasteiger partial charge on any atom is -0.463 e. The van der Waals surface area contributed by atoms with Crippen molar-refractivity contribution < 1.29 is 59.5 Å². The first-order chi connectivity index (χ1) is 34.6. The number of hydrogen-bond donors (Lipinski definition) is 0. The largest absolute Gasteiger partial charge is 0.463 e. The number of carbonyl (C=O) groups is 4. The number of allylic oxidation sites excluding steroid dienone is 2. The zero-order chi connectivity index (χ0) is 53.4. The summed E-state index contributed by atoms with van der Waals surface area (Å²) in [6.07, 6.45) is -8.97. The Bertz CT molecular complexity index is 2670. The minimum absolute atomic E-state index is 0.00399. The number of carbonyl (C=O) groups excluding carboxylic acids is 4. The Morgan fingerprint density at radius 1 is 0.616 bits per heavy atom. The molecule has 73 heavy (non-hydrogen) atoms. The van der Waals surface area contributed by atoms with Crippen LogP contribution in [-0.2, 0) is 31.4 Å². The topological polar surface area (TPSA) is 147 Å². The predicted octanol–water partition coefficient (Wildman–Crippen LogP) is 11.4. The van der Waals surface area contributed by atoms with E-state index < -0.39 is 59.6 Å². The molecule has 21 heteroatoms. The molecule has 0 fully saturated rings. The molecule has 2 atom stereocenters. The van der Waals surface area contributed by atoms with Gasteiger partial charge < -0.3 is 23.8 Å². The van der Waals surface area contributed by atoms with Crippen LogP contribution >= 0.6 is 31.9 Å². The van der Waals surface area contributed by atoms with Crippen LogP contribution in [0.2, 0.25) is 0 Å². The summed E-state index contributed by atoms with van der Waals surface area (Å²) in [6.45, 7) is 3.75. The fraction of sp³-hybridized carbons (Fsp3) is 0.346. The van der Waals surface area contributed by atoms with Gasteiger partial charge in [-0.05, 0) is 85.6 Å². The van der Waals surface area contributed by atoms with E-state index in [1.54, 1.807) is 38.1 Å². The van der Waals surface area contributed by atoms with E-state index in [0.717, 1.165) is 34.1 Å². The summed E-state index contributed by atoms with van der Waals surface area (Å²) in [4.78, 5) is 62.8. The Balaban J connectivity index is 1.34. The van der Waals surface area contributed by atoms with Crippen LogP contribution in [0.4, 0.5) is 47.3 Å². The number of urea groups is 2. The summed E-state index contributed by atoms with van der Waals surface area (Å²) in [5.74, 6) is -1.61. The average molecular weight is 1140 g/mol. The van der Waals surface area contributed by atoms with Crippen molar-refractivity contribution in [2.24, 2.45) is 0 Å². The van der Waals surface area contributed by atoms with Crippen LogP contribution < -0.4 is 9.80 Å². The number of esters is 2. The molecule has 4 amide bonds. The number of quaternary nitrogens is 1. The van der Waals surface area contributed by atoms with Crippen molar-refractivity contribution >= 4 is 67.2 Å². The molecule has 2 aliphatic heterocycles. The van der Waals surface area contributed by atoms with Gasteiger partial charge in [-0.15, -0.1) is 0 Å². The molecule has 0 saturated heterocycles. The molecule has 6 rings (SSSR count). The van der Waals surface area contributed by atoms with Gasteiger partial charge in [0.2, 0.25) is 0 Å². The standard InChI is InChI=1S/C52H50Br2F6N7O6/c1-5-72-47(68)43-41(29-53)65(39-13-7-11-37(27-39)51(55,56)57)49(70)63(45(43)35-19-15-33(31-61)16-20-35)23-9-25-67(3,4)26-10-24-64-46(36-21-17-34(32-62)18-22-36)44(48(69)73-6-2)42(30-54)66(50(64)71)40-14-8-12-38(28-40)52(58,59)60/h7-8,11-22,27-28,45-46H,5-6,9-10,23-26,29-30H2,1-4H3/q+1/t45-,46-/m1/s1. The molecule has 0 saturated carbocycles. The zero-order valence-corrected chi connectivity index (χ0v) is 43.2. The Morgan fingerprint density at radius 2 is 0.973 bits per heavy atom. The molecule has 4 aromatic carbocycles. The van der Waals surface area contributed by atoms with Gasteiger partial charge in [0, 0.05) is 36.6 Å². The molecule has 0 aliphatic carbocycles. The molecule has 384 valence electrons. The van der Waals surface area contributed by atoms with Crippen LogP contribution in [-0.4, -0.2) is 102 Å². The van der Waals surface area contributed by atoms with E-state index in [1.807, 2.05) is 26.2 Å². The van der Waals surface area contributed by atoms with E-state index in [2.05, 4.69) is 31.9 Å². The minimum atomic E-state index is -4.75. The average Bonchev–Trinajstić information content (AvgIpc) is 3.36. The second-order valence-corrected chi connectivity index (χ2v) is 18.6. The molecule has 0 aromatic heterocycles. The van der Waals surface area contributed by atoms with Crippen molar-refractivity contribution in [2.75, 3.05) is 73.9 Å². The van der Waals surface area contributed by atoms with E-state index in [1.165, 1.54) is 58.3 Å². The van der Waals surface area contributed by atoms with Gasteiger partial charge in [-0.1, -0.05) is 68.3 Å². The molecular weight excluding hydrogens is 1090 g/mol. The Kier molecular flexibility index (Phi) is 17.9. The highest BCUT2D eigenvalue weighted by atomic mass is 79.9. The summed E-state index contributed by atoms with van der Waals surface area (Å²) in [5.41, 5.74) is -0.711. The van der Waals surface area contributed by atoms with Crippen molar-refractivity contribution in [1.29, 1.82) is 10.5 Å². The lowest BCUT2D eigenvalue weighted by Gasteiger charge is -2.44. The first-order valence-corrected chi connectivity index (χ1v) is 25.2. The molecular formula is C52H50Br2F6N7O6+. The zero-order valence-electron chi connectivity index (χ0n) is 40.1. The summed E-state index contributed by atoms with van der Waals surface area (Å²) < 4.78 is 95.8. The van der Waals surface area contributed by atoms with Gasteiger partial charge in [0.15, 0.2) is 0 Å². The van der Waals surface area contributed by atoms with Gasteiger partial charge in [-0.3, -0.25) is 9.80 Å². The number of halogens is 8. The number of ether oxygens (including phenoxy) is 2. The summed E-state index contributed by atoms with van der Waals surface area (Å²) >= 11 is 6.78. The number of nitrogens with zero attached hydrogens (tertiary/aromatic N) is 7. The lowest BCUT2D eigenvalue weighted by molar-refractivity contribution is -0.890. The molecule has 0 bridgehead atoms. The van der Waals surface area contributed by atoms with Crippen LogP contribution in [0, 0.1) is 22.7 Å². The lowest BCUT2D eigenvalue weighted by atomic mass is 9.92. The molecule has 13 nitrogen and oxygen atoms in total. The number of hydrogen-bond acceptors (Lipinski definition) is 8. The highest BCUT2D eigenvalue weighted by molar-refractivity contribution is 9.09. The normalized spacial score (nSPS) is 16.7.